The Bertz CT molecular complexity index is 1310. The summed E-state index contributed by atoms with van der Waals surface area (Å²) in [6.45, 7) is 7.56. The normalized spacial score (nSPS) is 18.7. The fourth-order valence-corrected chi connectivity index (χ4v) is 3.88. The number of likely N-dealkylation sites (tertiary alicyclic amines) is 1. The third kappa shape index (κ3) is 6.00. The van der Waals surface area contributed by atoms with E-state index in [0.717, 1.165) is 5.69 Å². The Labute approximate surface area is 213 Å². The van der Waals surface area contributed by atoms with Crippen molar-refractivity contribution in [3.8, 4) is 23.2 Å². The summed E-state index contributed by atoms with van der Waals surface area (Å²) in [6.07, 6.45) is 1.67. The first-order chi connectivity index (χ1) is 17.5. The van der Waals surface area contributed by atoms with E-state index in [-0.39, 0.29) is 36.4 Å². The van der Waals surface area contributed by atoms with Gasteiger partial charge in [0.25, 0.3) is 5.91 Å². The predicted molar refractivity (Wildman–Crippen MR) is 133 cm³/mol. The highest BCUT2D eigenvalue weighted by molar-refractivity contribution is 5.80. The first-order valence-electron chi connectivity index (χ1n) is 11.9. The minimum absolute atomic E-state index is 0.170. The number of anilines is 2. The number of alkyl halides is 1. The molecular weight excluding hydrogens is 479 g/mol. The highest BCUT2D eigenvalue weighted by atomic mass is 19.1. The number of aliphatic hydroxyl groups is 1. The zero-order chi connectivity index (χ0) is 26.7. The maximum atomic E-state index is 14.8. The first-order valence-corrected chi connectivity index (χ1v) is 11.9. The minimum Gasteiger partial charge on any atom is -0.486 e. The molecule has 1 fully saturated rings. The van der Waals surface area contributed by atoms with Gasteiger partial charge in [-0.3, -0.25) is 9.48 Å². The molecule has 194 valence electrons. The number of aliphatic hydroxyl groups excluding tert-OH is 1. The number of nitriles is 1. The molecule has 0 radical (unpaired) electrons. The zero-order valence-corrected chi connectivity index (χ0v) is 21.1. The van der Waals surface area contributed by atoms with E-state index in [0.29, 0.717) is 17.3 Å². The van der Waals surface area contributed by atoms with Gasteiger partial charge in [-0.2, -0.15) is 15.3 Å². The van der Waals surface area contributed by atoms with Crippen LogP contribution in [0.25, 0.3) is 11.4 Å². The van der Waals surface area contributed by atoms with Gasteiger partial charge >= 0.3 is 0 Å². The molecule has 2 aromatic heterocycles. The van der Waals surface area contributed by atoms with Gasteiger partial charge in [-0.1, -0.05) is 0 Å². The van der Waals surface area contributed by atoms with Crippen LogP contribution in [0.2, 0.25) is 0 Å². The Hall–Kier alpha value is -4.11. The van der Waals surface area contributed by atoms with Crippen LogP contribution in [0.1, 0.15) is 39.7 Å². The van der Waals surface area contributed by atoms with E-state index in [1.165, 1.54) is 18.2 Å². The topological polar surface area (TPSA) is 142 Å². The van der Waals surface area contributed by atoms with Crippen LogP contribution in [0, 0.1) is 11.3 Å². The number of carbonyl (C=O) groups excluding carboxylic acids is 1. The van der Waals surface area contributed by atoms with Crippen LogP contribution in [0.3, 0.4) is 0 Å². The van der Waals surface area contributed by atoms with Crippen molar-refractivity contribution < 1.29 is 19.0 Å². The van der Waals surface area contributed by atoms with Crippen molar-refractivity contribution in [2.45, 2.75) is 58.0 Å². The molecule has 1 aliphatic heterocycles. The van der Waals surface area contributed by atoms with Crippen molar-refractivity contribution in [1.82, 2.24) is 29.6 Å². The molecule has 0 unspecified atom stereocenters. The van der Waals surface area contributed by atoms with E-state index in [1.54, 1.807) is 24.4 Å². The monoisotopic (exact) mass is 508 g/mol. The lowest BCUT2D eigenvalue weighted by Gasteiger charge is -2.35. The van der Waals surface area contributed by atoms with E-state index < -0.39 is 24.3 Å². The third-order valence-electron chi connectivity index (χ3n) is 5.89. The summed E-state index contributed by atoms with van der Waals surface area (Å²) < 4.78 is 22.4. The van der Waals surface area contributed by atoms with Gasteiger partial charge in [-0.25, -0.2) is 14.4 Å². The number of hydrogen-bond acceptors (Lipinski definition) is 9. The van der Waals surface area contributed by atoms with Crippen molar-refractivity contribution in [3.05, 3.63) is 42.5 Å². The summed E-state index contributed by atoms with van der Waals surface area (Å²) in [5.41, 5.74) is 1.31. The molecule has 37 heavy (non-hydrogen) atoms. The Kier molecular flexibility index (Phi) is 7.35. The number of nitrogens with zero attached hydrogens (tertiary/aromatic N) is 7. The summed E-state index contributed by atoms with van der Waals surface area (Å²) in [6, 6.07) is 6.92. The molecule has 0 spiro atoms. The number of piperidine rings is 1. The fourth-order valence-electron chi connectivity index (χ4n) is 3.88. The van der Waals surface area contributed by atoms with Crippen molar-refractivity contribution >= 4 is 17.5 Å². The number of rotatable bonds is 6. The second-order valence-corrected chi connectivity index (χ2v) is 9.85. The molecule has 4 rings (SSSR count). The summed E-state index contributed by atoms with van der Waals surface area (Å²) in [4.78, 5) is 26.1. The van der Waals surface area contributed by atoms with E-state index >= 15 is 0 Å². The second kappa shape index (κ2) is 10.5. The van der Waals surface area contributed by atoms with Gasteiger partial charge in [0, 0.05) is 24.7 Å². The van der Waals surface area contributed by atoms with Crippen LogP contribution < -0.4 is 10.1 Å². The molecule has 0 aliphatic carbocycles. The van der Waals surface area contributed by atoms with E-state index in [1.807, 2.05) is 31.6 Å². The molecule has 3 atom stereocenters. The lowest BCUT2D eigenvalue weighted by atomic mass is 10.0. The lowest BCUT2D eigenvalue weighted by Crippen LogP contribution is -2.51. The molecule has 3 heterocycles. The van der Waals surface area contributed by atoms with E-state index in [4.69, 9.17) is 4.74 Å². The molecule has 1 aliphatic rings. The van der Waals surface area contributed by atoms with Gasteiger partial charge in [0.1, 0.15) is 30.4 Å². The van der Waals surface area contributed by atoms with Crippen molar-refractivity contribution in [2.75, 3.05) is 18.4 Å². The van der Waals surface area contributed by atoms with Gasteiger partial charge in [0.2, 0.25) is 5.95 Å². The number of benzene rings is 1. The summed E-state index contributed by atoms with van der Waals surface area (Å²) >= 11 is 0. The largest absolute Gasteiger partial charge is 0.486 e. The number of hydrogen-bond donors (Lipinski definition) is 2. The van der Waals surface area contributed by atoms with Gasteiger partial charge in [0.15, 0.2) is 12.0 Å². The highest BCUT2D eigenvalue weighted by Gasteiger charge is 2.34. The van der Waals surface area contributed by atoms with Crippen LogP contribution in [0.15, 0.2) is 36.9 Å². The van der Waals surface area contributed by atoms with Crippen molar-refractivity contribution in [2.24, 2.45) is 0 Å². The van der Waals surface area contributed by atoms with Gasteiger partial charge in [0.05, 0.1) is 29.5 Å². The van der Waals surface area contributed by atoms with Crippen LogP contribution in [-0.2, 0) is 10.3 Å². The molecule has 3 aromatic rings. The Morgan fingerprint density at radius 1 is 1.35 bits per heavy atom. The van der Waals surface area contributed by atoms with E-state index in [9.17, 15) is 19.6 Å². The standard InChI is InChI=1S/C25H29FN8O3/c1-15(35)23(36)33-8-7-21(19(26)13-33)37-20-6-5-16(9-17(20)10-27)22-28-14-29-24(32-22)31-18-11-30-34(12-18)25(2,3)4/h5-6,9,11-12,14-15,19,21,35H,7-8,13H2,1-4H3,(H,28,29,31,32)/t15-,19+,21-/m0/s1. The van der Waals surface area contributed by atoms with Gasteiger partial charge < -0.3 is 20.1 Å². The third-order valence-corrected chi connectivity index (χ3v) is 5.89. The van der Waals surface area contributed by atoms with Gasteiger partial charge in [-0.15, -0.1) is 0 Å². The SMILES string of the molecule is C[C@H](O)C(=O)N1CC[C@H](Oc2ccc(-c3ncnc(Nc4cnn(C(C)(C)C)c4)n3)cc2C#N)[C@H](F)C1. The fraction of sp³-hybridized carbons (Fsp3) is 0.440. The molecule has 1 aromatic carbocycles. The molecule has 11 nitrogen and oxygen atoms in total. The summed E-state index contributed by atoms with van der Waals surface area (Å²) in [5, 5.41) is 26.6. The molecule has 1 amide bonds. The second-order valence-electron chi connectivity index (χ2n) is 9.85. The quantitative estimate of drug-likeness (QED) is 0.514. The predicted octanol–water partition coefficient (Wildman–Crippen LogP) is 2.80. The average Bonchev–Trinajstić information content (AvgIpc) is 3.34. The number of nitrogens with one attached hydrogen (secondary N) is 1. The van der Waals surface area contributed by atoms with Crippen LogP contribution in [0.5, 0.6) is 5.75 Å². The van der Waals surface area contributed by atoms with Crippen LogP contribution in [0.4, 0.5) is 16.0 Å². The minimum atomic E-state index is -1.46. The van der Waals surface area contributed by atoms with Crippen molar-refractivity contribution in [1.29, 1.82) is 5.26 Å². The molecule has 2 N–H and O–H groups in total. The molecule has 0 saturated carbocycles. The first kappa shape index (κ1) is 26.0. The number of halogens is 1. The number of ether oxygens (including phenoxy) is 1. The van der Waals surface area contributed by atoms with Crippen LogP contribution >= 0.6 is 0 Å². The smallest absolute Gasteiger partial charge is 0.251 e. The number of carbonyl (C=O) groups is 1. The number of aromatic nitrogens is 5. The lowest BCUT2D eigenvalue weighted by molar-refractivity contribution is -0.143. The molecule has 12 heteroatoms. The molecular formula is C25H29FN8O3. The highest BCUT2D eigenvalue weighted by Crippen LogP contribution is 2.28. The van der Waals surface area contributed by atoms with Crippen molar-refractivity contribution in [3.63, 3.8) is 0 Å². The Morgan fingerprint density at radius 2 is 2.14 bits per heavy atom. The Morgan fingerprint density at radius 3 is 2.78 bits per heavy atom. The van der Waals surface area contributed by atoms with Crippen LogP contribution in [-0.4, -0.2) is 72.1 Å². The molecule has 1 saturated heterocycles. The maximum Gasteiger partial charge on any atom is 0.251 e. The number of amides is 1. The average molecular weight is 509 g/mol. The maximum absolute atomic E-state index is 14.8. The Balaban J connectivity index is 1.47. The molecule has 0 bridgehead atoms. The zero-order valence-electron chi connectivity index (χ0n) is 21.1. The van der Waals surface area contributed by atoms with Gasteiger partial charge in [-0.05, 0) is 45.9 Å². The summed E-state index contributed by atoms with van der Waals surface area (Å²) in [7, 11) is 0. The summed E-state index contributed by atoms with van der Waals surface area (Å²) in [5.74, 6) is 0.377. The van der Waals surface area contributed by atoms with E-state index in [2.05, 4.69) is 31.4 Å².